The molecule has 2 N–H and O–H groups in total. The molecule has 1 saturated carbocycles. The number of esters is 1. The number of carbonyl (C=O) groups is 1. The number of unbranched alkanes of at least 4 members (excludes halogenated alkanes) is 3. The first-order valence-electron chi connectivity index (χ1n) is 10.5. The molecule has 0 aromatic rings. The second-order valence-electron chi connectivity index (χ2n) is 7.84. The van der Waals surface area contributed by atoms with Gasteiger partial charge in [0.25, 0.3) is 0 Å². The fourth-order valence-electron chi connectivity index (χ4n) is 3.76. The summed E-state index contributed by atoms with van der Waals surface area (Å²) in [4.78, 5) is 11.7. The van der Waals surface area contributed by atoms with E-state index in [0.29, 0.717) is 12.8 Å². The van der Waals surface area contributed by atoms with E-state index in [1.165, 1.54) is 19.3 Å². The minimum atomic E-state index is -0.563. The van der Waals surface area contributed by atoms with Gasteiger partial charge in [-0.3, -0.25) is 4.79 Å². The lowest BCUT2D eigenvalue weighted by Gasteiger charge is -2.21. The van der Waals surface area contributed by atoms with Crippen LogP contribution < -0.4 is 0 Å². The van der Waals surface area contributed by atoms with E-state index in [4.69, 9.17) is 4.74 Å². The highest BCUT2D eigenvalue weighted by Crippen LogP contribution is 2.47. The zero-order chi connectivity index (χ0) is 18.8. The Balaban J connectivity index is 1.68. The maximum absolute atomic E-state index is 11.7. The summed E-state index contributed by atoms with van der Waals surface area (Å²) >= 11 is 0. The minimum absolute atomic E-state index is 0.0353. The summed E-state index contributed by atoms with van der Waals surface area (Å²) in [5, 5.41) is 20.3. The number of aliphatic hydroxyl groups is 2. The summed E-state index contributed by atoms with van der Waals surface area (Å²) < 4.78 is 5.58. The standard InChI is InChI=1S/C22H36O4/c1-2-3-4-5-6-8-11-17(23)14-15-20(24)18-16-19(18)21-12-9-7-10-13-22(25)26-21/h6,8,14-15,17-21,23-24H,2-5,7,9-13,16H2,1H3. The van der Waals surface area contributed by atoms with Gasteiger partial charge in [-0.25, -0.2) is 0 Å². The van der Waals surface area contributed by atoms with Crippen molar-refractivity contribution in [1.82, 2.24) is 0 Å². The zero-order valence-corrected chi connectivity index (χ0v) is 16.2. The Morgan fingerprint density at radius 2 is 2.00 bits per heavy atom. The van der Waals surface area contributed by atoms with Crippen molar-refractivity contribution in [2.75, 3.05) is 0 Å². The van der Waals surface area contributed by atoms with E-state index in [9.17, 15) is 15.0 Å². The number of carbonyl (C=O) groups excluding carboxylic acids is 1. The Labute approximate surface area is 158 Å². The van der Waals surface area contributed by atoms with E-state index >= 15 is 0 Å². The van der Waals surface area contributed by atoms with Gasteiger partial charge in [-0.1, -0.05) is 50.5 Å². The van der Waals surface area contributed by atoms with Gasteiger partial charge < -0.3 is 14.9 Å². The number of hydrogen-bond donors (Lipinski definition) is 2. The summed E-state index contributed by atoms with van der Waals surface area (Å²) in [5.41, 5.74) is 0. The normalized spacial score (nSPS) is 29.3. The Bertz CT molecular complexity index is 471. The van der Waals surface area contributed by atoms with Crippen LogP contribution in [0.4, 0.5) is 0 Å². The van der Waals surface area contributed by atoms with Crippen molar-refractivity contribution in [3.8, 4) is 0 Å². The summed E-state index contributed by atoms with van der Waals surface area (Å²) in [7, 11) is 0. The molecule has 0 amide bonds. The first kappa shape index (κ1) is 21.2. The second kappa shape index (κ2) is 11.6. The molecule has 2 rings (SSSR count). The van der Waals surface area contributed by atoms with Crippen LogP contribution in [0, 0.1) is 11.8 Å². The van der Waals surface area contributed by atoms with Gasteiger partial charge in [0.05, 0.1) is 12.2 Å². The quantitative estimate of drug-likeness (QED) is 0.344. The Morgan fingerprint density at radius 1 is 1.15 bits per heavy atom. The molecule has 2 fully saturated rings. The first-order valence-corrected chi connectivity index (χ1v) is 10.5. The largest absolute Gasteiger partial charge is 0.462 e. The zero-order valence-electron chi connectivity index (χ0n) is 16.2. The van der Waals surface area contributed by atoms with Gasteiger partial charge in [0, 0.05) is 12.3 Å². The minimum Gasteiger partial charge on any atom is -0.462 e. The molecule has 1 saturated heterocycles. The molecule has 0 spiro atoms. The lowest BCUT2D eigenvalue weighted by Crippen LogP contribution is -2.24. The van der Waals surface area contributed by atoms with Gasteiger partial charge in [0.2, 0.25) is 0 Å². The van der Waals surface area contributed by atoms with Crippen LogP contribution >= 0.6 is 0 Å². The van der Waals surface area contributed by atoms with Crippen LogP contribution in [0.1, 0.15) is 77.6 Å². The molecular weight excluding hydrogens is 328 g/mol. The lowest BCUT2D eigenvalue weighted by molar-refractivity contribution is -0.152. The molecule has 1 aliphatic carbocycles. The number of rotatable bonds is 10. The number of allylic oxidation sites excluding steroid dienone is 1. The van der Waals surface area contributed by atoms with Crippen LogP contribution in [-0.2, 0) is 9.53 Å². The van der Waals surface area contributed by atoms with Crippen molar-refractivity contribution >= 4 is 5.97 Å². The average molecular weight is 365 g/mol. The Kier molecular flexibility index (Phi) is 9.41. The van der Waals surface area contributed by atoms with E-state index in [0.717, 1.165) is 38.5 Å². The molecule has 26 heavy (non-hydrogen) atoms. The number of ether oxygens (including phenoxy) is 1. The summed E-state index contributed by atoms with van der Waals surface area (Å²) in [6, 6.07) is 0. The van der Waals surface area contributed by atoms with Gasteiger partial charge in [-0.15, -0.1) is 0 Å². The molecule has 0 aromatic heterocycles. The highest BCUT2D eigenvalue weighted by atomic mass is 16.5. The first-order chi connectivity index (χ1) is 12.6. The van der Waals surface area contributed by atoms with Crippen molar-refractivity contribution in [2.24, 2.45) is 11.8 Å². The molecule has 0 radical (unpaired) electrons. The van der Waals surface area contributed by atoms with Crippen LogP contribution in [0.3, 0.4) is 0 Å². The number of cyclic esters (lactones) is 1. The fraction of sp³-hybridized carbons (Fsp3) is 0.773. The van der Waals surface area contributed by atoms with Gasteiger partial charge in [-0.05, 0) is 50.9 Å². The highest BCUT2D eigenvalue weighted by Gasteiger charge is 2.47. The Morgan fingerprint density at radius 3 is 2.81 bits per heavy atom. The van der Waals surface area contributed by atoms with Gasteiger partial charge in [-0.2, -0.15) is 0 Å². The van der Waals surface area contributed by atoms with Crippen molar-refractivity contribution in [2.45, 2.75) is 95.9 Å². The van der Waals surface area contributed by atoms with Crippen LogP contribution in [0.25, 0.3) is 0 Å². The molecule has 4 heteroatoms. The molecule has 2 aliphatic rings. The van der Waals surface area contributed by atoms with Crippen LogP contribution in [0.15, 0.2) is 24.3 Å². The van der Waals surface area contributed by atoms with Crippen molar-refractivity contribution in [1.29, 1.82) is 0 Å². The average Bonchev–Trinajstić information content (AvgIpc) is 3.39. The van der Waals surface area contributed by atoms with E-state index < -0.39 is 12.2 Å². The predicted octanol–water partition coefficient (Wildman–Crippen LogP) is 4.30. The van der Waals surface area contributed by atoms with Crippen molar-refractivity contribution in [3.63, 3.8) is 0 Å². The molecular formula is C22H36O4. The van der Waals surface area contributed by atoms with Gasteiger partial charge in [0.1, 0.15) is 6.10 Å². The third-order valence-corrected chi connectivity index (χ3v) is 5.51. The molecule has 1 heterocycles. The third kappa shape index (κ3) is 7.63. The summed E-state index contributed by atoms with van der Waals surface area (Å²) in [6.45, 7) is 2.19. The van der Waals surface area contributed by atoms with Crippen LogP contribution in [0.5, 0.6) is 0 Å². The maximum atomic E-state index is 11.7. The van der Waals surface area contributed by atoms with E-state index in [1.54, 1.807) is 12.2 Å². The highest BCUT2D eigenvalue weighted by molar-refractivity contribution is 5.69. The SMILES string of the molecule is CCCCCC=CCC(O)C=CC(O)C1CC1C1CCCCCC(=O)O1. The molecule has 5 atom stereocenters. The molecule has 0 bridgehead atoms. The molecule has 4 nitrogen and oxygen atoms in total. The fourth-order valence-corrected chi connectivity index (χ4v) is 3.76. The topological polar surface area (TPSA) is 66.8 Å². The third-order valence-electron chi connectivity index (χ3n) is 5.51. The molecule has 5 unspecified atom stereocenters. The molecule has 0 aromatic carbocycles. The Hall–Kier alpha value is -1.13. The molecule has 1 aliphatic heterocycles. The molecule has 148 valence electrons. The van der Waals surface area contributed by atoms with Gasteiger partial charge in [0.15, 0.2) is 0 Å². The monoisotopic (exact) mass is 364 g/mol. The maximum Gasteiger partial charge on any atom is 0.306 e. The van der Waals surface area contributed by atoms with Gasteiger partial charge >= 0.3 is 5.97 Å². The summed E-state index contributed by atoms with van der Waals surface area (Å²) in [6.07, 6.45) is 17.2. The smallest absolute Gasteiger partial charge is 0.306 e. The number of aliphatic hydroxyl groups excluding tert-OH is 2. The predicted molar refractivity (Wildman–Crippen MR) is 104 cm³/mol. The lowest BCUT2D eigenvalue weighted by atomic mass is 10.0. The van der Waals surface area contributed by atoms with Crippen LogP contribution in [0.2, 0.25) is 0 Å². The van der Waals surface area contributed by atoms with Crippen molar-refractivity contribution in [3.05, 3.63) is 24.3 Å². The second-order valence-corrected chi connectivity index (χ2v) is 7.84. The van der Waals surface area contributed by atoms with Crippen LogP contribution in [-0.4, -0.2) is 34.5 Å². The van der Waals surface area contributed by atoms with E-state index in [1.807, 2.05) is 6.08 Å². The van der Waals surface area contributed by atoms with E-state index in [2.05, 4.69) is 13.0 Å². The number of hydrogen-bond acceptors (Lipinski definition) is 4. The van der Waals surface area contributed by atoms with E-state index in [-0.39, 0.29) is 23.9 Å². The van der Waals surface area contributed by atoms with Crippen molar-refractivity contribution < 1.29 is 19.7 Å². The summed E-state index contributed by atoms with van der Waals surface area (Å²) in [5.74, 6) is 0.332.